The number of rotatable bonds is 6. The molecule has 5 nitrogen and oxygen atoms in total. The molecule has 5 rings (SSSR count). The van der Waals surface area contributed by atoms with Crippen molar-refractivity contribution in [2.24, 2.45) is 0 Å². The van der Waals surface area contributed by atoms with E-state index in [4.69, 9.17) is 16.3 Å². The van der Waals surface area contributed by atoms with Crippen LogP contribution in [-0.4, -0.2) is 22.4 Å². The Bertz CT molecular complexity index is 1610. The lowest BCUT2D eigenvalue weighted by atomic mass is 9.89. The second kappa shape index (κ2) is 10.2. The minimum Gasteiger partial charge on any atom is -0.494 e. The number of nitrogens with one attached hydrogen (secondary N) is 1. The van der Waals surface area contributed by atoms with E-state index in [1.54, 1.807) is 6.08 Å². The molecule has 0 unspecified atom stereocenters. The van der Waals surface area contributed by atoms with Crippen LogP contribution in [0.5, 0.6) is 5.75 Å². The predicted octanol–water partition coefficient (Wildman–Crippen LogP) is 7.22. The number of hydrogen-bond acceptors (Lipinski definition) is 4. The first kappa shape index (κ1) is 24.2. The lowest BCUT2D eigenvalue weighted by molar-refractivity contribution is 0.104. The number of nitrogens with zero attached hydrogens (tertiary/aromatic N) is 1. The SMILES string of the molecule is CCOc1ccc2cc(C=CC(=O)c3c(-c4ccccc4)c4c([nH]c3=O)CCC(Br)=C4)c(Cl)nc2c1. The number of pyridine rings is 2. The number of aromatic nitrogens is 2. The molecule has 1 aliphatic carbocycles. The van der Waals surface area contributed by atoms with Crippen LogP contribution in [0.25, 0.3) is 34.2 Å². The van der Waals surface area contributed by atoms with Gasteiger partial charge < -0.3 is 9.72 Å². The summed E-state index contributed by atoms with van der Waals surface area (Å²) in [5.74, 6) is 0.309. The summed E-state index contributed by atoms with van der Waals surface area (Å²) in [7, 11) is 0. The molecule has 2 heterocycles. The summed E-state index contributed by atoms with van der Waals surface area (Å²) in [6.07, 6.45) is 6.46. The van der Waals surface area contributed by atoms with Crippen molar-refractivity contribution in [1.29, 1.82) is 0 Å². The first-order valence-electron chi connectivity index (χ1n) is 11.6. The van der Waals surface area contributed by atoms with Crippen molar-refractivity contribution in [3.8, 4) is 16.9 Å². The van der Waals surface area contributed by atoms with Gasteiger partial charge in [0.15, 0.2) is 5.78 Å². The Kier molecular flexibility index (Phi) is 6.90. The van der Waals surface area contributed by atoms with E-state index >= 15 is 0 Å². The molecule has 0 spiro atoms. The van der Waals surface area contributed by atoms with Crippen LogP contribution in [0, 0.1) is 0 Å². The number of benzene rings is 2. The number of ether oxygens (including phenoxy) is 1. The predicted molar refractivity (Wildman–Crippen MR) is 149 cm³/mol. The van der Waals surface area contributed by atoms with Gasteiger partial charge in [-0.05, 0) is 66.2 Å². The second-order valence-corrected chi connectivity index (χ2v) is 9.78. The van der Waals surface area contributed by atoms with Crippen LogP contribution in [0.15, 0.2) is 70.0 Å². The molecule has 0 amide bonds. The zero-order valence-electron chi connectivity index (χ0n) is 19.5. The highest BCUT2D eigenvalue weighted by atomic mass is 79.9. The van der Waals surface area contributed by atoms with Crippen LogP contribution < -0.4 is 10.3 Å². The summed E-state index contributed by atoms with van der Waals surface area (Å²) in [5.41, 5.74) is 4.10. The van der Waals surface area contributed by atoms with Crippen molar-refractivity contribution in [3.63, 3.8) is 0 Å². The Morgan fingerprint density at radius 1 is 1.17 bits per heavy atom. The number of aryl methyl sites for hydroxylation is 1. The molecule has 0 saturated carbocycles. The van der Waals surface area contributed by atoms with E-state index in [1.165, 1.54) is 6.08 Å². The van der Waals surface area contributed by atoms with Gasteiger partial charge in [-0.15, -0.1) is 0 Å². The highest BCUT2D eigenvalue weighted by Crippen LogP contribution is 2.35. The van der Waals surface area contributed by atoms with Crippen LogP contribution in [0.3, 0.4) is 0 Å². The Balaban J connectivity index is 1.58. The van der Waals surface area contributed by atoms with Crippen molar-refractivity contribution in [2.45, 2.75) is 19.8 Å². The summed E-state index contributed by atoms with van der Waals surface area (Å²) in [6, 6.07) is 17.0. The van der Waals surface area contributed by atoms with E-state index in [0.29, 0.717) is 35.4 Å². The van der Waals surface area contributed by atoms with Crippen LogP contribution in [-0.2, 0) is 6.42 Å². The van der Waals surface area contributed by atoms with Crippen molar-refractivity contribution in [3.05, 3.63) is 103 Å². The second-order valence-electron chi connectivity index (χ2n) is 8.41. The highest BCUT2D eigenvalue weighted by Gasteiger charge is 2.23. The molecule has 0 radical (unpaired) electrons. The molecule has 0 aliphatic heterocycles. The number of aromatic amines is 1. The van der Waals surface area contributed by atoms with Crippen molar-refractivity contribution in [1.82, 2.24) is 9.97 Å². The van der Waals surface area contributed by atoms with Gasteiger partial charge in [-0.2, -0.15) is 0 Å². The monoisotopic (exact) mass is 560 g/mol. The minimum atomic E-state index is -0.407. The molecular weight excluding hydrogens is 540 g/mol. The van der Waals surface area contributed by atoms with Crippen LogP contribution in [0.2, 0.25) is 5.15 Å². The maximum atomic E-state index is 13.5. The lowest BCUT2D eigenvalue weighted by Gasteiger charge is -2.19. The summed E-state index contributed by atoms with van der Waals surface area (Å²) in [6.45, 7) is 2.48. The molecule has 0 fully saturated rings. The van der Waals surface area contributed by atoms with Gasteiger partial charge in [-0.25, -0.2) is 4.98 Å². The number of carbonyl (C=O) groups is 1. The van der Waals surface area contributed by atoms with Gasteiger partial charge in [0.25, 0.3) is 5.56 Å². The van der Waals surface area contributed by atoms with E-state index in [9.17, 15) is 9.59 Å². The Hall–Kier alpha value is -3.48. The molecule has 1 aliphatic rings. The normalized spacial score (nSPS) is 13.0. The van der Waals surface area contributed by atoms with Crippen molar-refractivity contribution in [2.75, 3.05) is 6.61 Å². The highest BCUT2D eigenvalue weighted by molar-refractivity contribution is 9.11. The maximum absolute atomic E-state index is 13.5. The number of carbonyl (C=O) groups excluding carboxylic acids is 1. The van der Waals surface area contributed by atoms with E-state index < -0.39 is 11.3 Å². The fourth-order valence-corrected chi connectivity index (χ4v) is 5.03. The quantitative estimate of drug-likeness (QED) is 0.153. The number of H-pyrrole nitrogens is 1. The average Bonchev–Trinajstić information content (AvgIpc) is 2.87. The molecule has 0 atom stereocenters. The smallest absolute Gasteiger partial charge is 0.260 e. The third-order valence-corrected chi connectivity index (χ3v) is 6.98. The fraction of sp³-hybridized carbons (Fsp3) is 0.138. The molecule has 1 N–H and O–H groups in total. The van der Waals surface area contributed by atoms with Crippen LogP contribution >= 0.6 is 27.5 Å². The first-order chi connectivity index (χ1) is 17.4. The number of fused-ring (bicyclic) bond motifs is 2. The largest absolute Gasteiger partial charge is 0.494 e. The average molecular weight is 562 g/mol. The van der Waals surface area contributed by atoms with Gasteiger partial charge in [0, 0.05) is 33.8 Å². The molecule has 36 heavy (non-hydrogen) atoms. The van der Waals surface area contributed by atoms with Crippen LogP contribution in [0.1, 0.15) is 40.5 Å². The summed E-state index contributed by atoms with van der Waals surface area (Å²) < 4.78 is 6.56. The van der Waals surface area contributed by atoms with E-state index in [-0.39, 0.29) is 10.7 Å². The summed E-state index contributed by atoms with van der Waals surface area (Å²) in [5, 5.41) is 1.12. The van der Waals surface area contributed by atoms with Crippen LogP contribution in [0.4, 0.5) is 0 Å². The Labute approximate surface area is 221 Å². The third kappa shape index (κ3) is 4.79. The number of halogens is 2. The van der Waals surface area contributed by atoms with Crippen molar-refractivity contribution < 1.29 is 9.53 Å². The maximum Gasteiger partial charge on any atom is 0.260 e. The zero-order chi connectivity index (χ0) is 25.2. The minimum absolute atomic E-state index is 0.0980. The van der Waals surface area contributed by atoms with Gasteiger partial charge in [-0.3, -0.25) is 9.59 Å². The molecule has 2 aromatic heterocycles. The van der Waals surface area contributed by atoms with E-state index in [2.05, 4.69) is 25.9 Å². The van der Waals surface area contributed by atoms with Gasteiger partial charge >= 0.3 is 0 Å². The van der Waals surface area contributed by atoms with Gasteiger partial charge in [-0.1, -0.05) is 57.9 Å². The molecular formula is C29H22BrClN2O3. The van der Waals surface area contributed by atoms with Gasteiger partial charge in [0.2, 0.25) is 0 Å². The number of allylic oxidation sites excluding steroid dienone is 2. The Morgan fingerprint density at radius 3 is 2.75 bits per heavy atom. The van der Waals surface area contributed by atoms with E-state index in [0.717, 1.165) is 33.1 Å². The van der Waals surface area contributed by atoms with Crippen molar-refractivity contribution >= 4 is 56.4 Å². The van der Waals surface area contributed by atoms with Gasteiger partial charge in [0.05, 0.1) is 17.7 Å². The van der Waals surface area contributed by atoms with E-state index in [1.807, 2.05) is 67.6 Å². The third-order valence-electron chi connectivity index (χ3n) is 6.05. The molecule has 0 bridgehead atoms. The first-order valence-corrected chi connectivity index (χ1v) is 12.8. The fourth-order valence-electron chi connectivity index (χ4n) is 4.40. The molecule has 2 aromatic carbocycles. The lowest BCUT2D eigenvalue weighted by Crippen LogP contribution is -2.22. The molecule has 4 aromatic rings. The molecule has 7 heteroatoms. The zero-order valence-corrected chi connectivity index (χ0v) is 21.8. The summed E-state index contributed by atoms with van der Waals surface area (Å²) in [4.78, 5) is 34.0. The Morgan fingerprint density at radius 2 is 1.97 bits per heavy atom. The topological polar surface area (TPSA) is 72.1 Å². The van der Waals surface area contributed by atoms with Gasteiger partial charge in [0.1, 0.15) is 10.9 Å². The number of hydrogen-bond donors (Lipinski definition) is 1. The standard InChI is InChI=1S/C29H22BrClN2O3/c1-2-36-21-11-8-18-14-19(28(31)32-24(18)16-21)9-13-25(34)27-26(17-6-4-3-5-7-17)22-15-20(30)10-12-23(22)33-29(27)35/h3-9,11,13-16H,2,10,12H2,1H3,(H,33,35). The molecule has 0 saturated heterocycles. The number of ketones is 1. The summed E-state index contributed by atoms with van der Waals surface area (Å²) >= 11 is 10.0. The molecule has 180 valence electrons.